The molecule has 1 aromatic rings. The second-order valence-electron chi connectivity index (χ2n) is 1.87. The Kier molecular flexibility index (Phi) is 2.95. The first-order valence-electron chi connectivity index (χ1n) is 3.02. The van der Waals surface area contributed by atoms with E-state index in [2.05, 4.69) is 0 Å². The van der Waals surface area contributed by atoms with Crippen LogP contribution in [0.4, 0.5) is 0 Å². The lowest BCUT2D eigenvalue weighted by atomic mass is 10.2. The first-order valence-corrected chi connectivity index (χ1v) is 3.82. The molecule has 0 radical (unpaired) electrons. The average molecular weight is 168 g/mol. The van der Waals surface area contributed by atoms with E-state index in [1.165, 1.54) is 0 Å². The van der Waals surface area contributed by atoms with E-state index in [1.807, 2.05) is 18.2 Å². The minimum absolute atomic E-state index is 0.0816. The maximum Gasteiger partial charge on any atom is 0.229 e. The van der Waals surface area contributed by atoms with Gasteiger partial charge in [-0.15, -0.1) is 0 Å². The Hall–Kier alpha value is -1.00. The van der Waals surface area contributed by atoms with Crippen LogP contribution in [0.25, 0.3) is 0 Å². The standard InChI is InChI=1S/C7H8N2OS/c8-7(10-11-9)6-4-2-1-3-5-6/h1-5,8H,9H2. The molecule has 0 aliphatic rings. The van der Waals surface area contributed by atoms with Crippen molar-refractivity contribution in [3.05, 3.63) is 35.9 Å². The Bertz CT molecular complexity index is 237. The number of hydrogen-bond donors (Lipinski definition) is 2. The van der Waals surface area contributed by atoms with Gasteiger partial charge in [0.05, 0.1) is 0 Å². The normalized spacial score (nSPS) is 9.18. The predicted octanol–water partition coefficient (Wildman–Crippen LogP) is 1.55. The molecular formula is C7H8N2OS. The van der Waals surface area contributed by atoms with Gasteiger partial charge in [-0.2, -0.15) is 0 Å². The molecule has 58 valence electrons. The fourth-order valence-electron chi connectivity index (χ4n) is 0.686. The van der Waals surface area contributed by atoms with Crippen LogP contribution < -0.4 is 5.14 Å². The van der Waals surface area contributed by atoms with Crippen molar-refractivity contribution < 1.29 is 4.18 Å². The van der Waals surface area contributed by atoms with Gasteiger partial charge in [-0.1, -0.05) is 18.2 Å². The van der Waals surface area contributed by atoms with Gasteiger partial charge in [-0.05, 0) is 12.1 Å². The summed E-state index contributed by atoms with van der Waals surface area (Å²) in [4.78, 5) is 0. The molecule has 0 amide bonds. The topological polar surface area (TPSA) is 59.1 Å². The molecule has 0 saturated heterocycles. The monoisotopic (exact) mass is 168 g/mol. The zero-order valence-corrected chi connectivity index (χ0v) is 6.60. The number of hydrogen-bond acceptors (Lipinski definition) is 4. The van der Waals surface area contributed by atoms with E-state index in [-0.39, 0.29) is 5.90 Å². The summed E-state index contributed by atoms with van der Waals surface area (Å²) < 4.78 is 4.71. The minimum atomic E-state index is 0.0816. The minimum Gasteiger partial charge on any atom is -0.390 e. The van der Waals surface area contributed by atoms with Gasteiger partial charge in [0.15, 0.2) is 0 Å². The first kappa shape index (κ1) is 8.10. The SMILES string of the molecule is N=C(OSN)c1ccccc1. The highest BCUT2D eigenvalue weighted by atomic mass is 32.2. The zero-order chi connectivity index (χ0) is 8.10. The van der Waals surface area contributed by atoms with Gasteiger partial charge in [0.1, 0.15) is 12.2 Å². The van der Waals surface area contributed by atoms with Crippen LogP contribution in [-0.4, -0.2) is 5.90 Å². The second-order valence-corrected chi connectivity index (χ2v) is 2.23. The number of benzene rings is 1. The number of rotatable bonds is 2. The lowest BCUT2D eigenvalue weighted by molar-refractivity contribution is 0.641. The second kappa shape index (κ2) is 4.00. The molecule has 4 heteroatoms. The maximum absolute atomic E-state index is 7.31. The van der Waals surface area contributed by atoms with Crippen LogP contribution in [0, 0.1) is 5.41 Å². The molecule has 0 aromatic heterocycles. The Morgan fingerprint density at radius 1 is 1.36 bits per heavy atom. The van der Waals surface area contributed by atoms with E-state index >= 15 is 0 Å². The molecule has 1 rings (SSSR count). The molecule has 0 unspecified atom stereocenters. The Morgan fingerprint density at radius 2 is 2.00 bits per heavy atom. The van der Waals surface area contributed by atoms with E-state index in [0.717, 1.165) is 5.56 Å². The third-order valence-corrected chi connectivity index (χ3v) is 1.43. The van der Waals surface area contributed by atoms with E-state index in [1.54, 1.807) is 12.1 Å². The van der Waals surface area contributed by atoms with Crippen molar-refractivity contribution in [2.24, 2.45) is 5.14 Å². The van der Waals surface area contributed by atoms with Crippen LogP contribution in [0.2, 0.25) is 0 Å². The van der Waals surface area contributed by atoms with Crippen molar-refractivity contribution >= 4 is 18.1 Å². The third-order valence-electron chi connectivity index (χ3n) is 1.17. The van der Waals surface area contributed by atoms with Gasteiger partial charge < -0.3 is 4.18 Å². The molecule has 0 aliphatic carbocycles. The summed E-state index contributed by atoms with van der Waals surface area (Å²) in [5.74, 6) is 0.0816. The van der Waals surface area contributed by atoms with E-state index in [4.69, 9.17) is 14.7 Å². The number of nitrogens with one attached hydrogen (secondary N) is 1. The summed E-state index contributed by atoms with van der Waals surface area (Å²) in [5, 5.41) is 12.3. The van der Waals surface area contributed by atoms with Gasteiger partial charge in [0.2, 0.25) is 5.90 Å². The molecule has 0 atom stereocenters. The summed E-state index contributed by atoms with van der Waals surface area (Å²) in [6.45, 7) is 0. The molecular weight excluding hydrogens is 160 g/mol. The van der Waals surface area contributed by atoms with Crippen molar-refractivity contribution in [3.63, 3.8) is 0 Å². The summed E-state index contributed by atoms with van der Waals surface area (Å²) in [6.07, 6.45) is 0. The van der Waals surface area contributed by atoms with Gasteiger partial charge >= 0.3 is 0 Å². The lowest BCUT2D eigenvalue weighted by Gasteiger charge is -2.00. The summed E-state index contributed by atoms with van der Waals surface area (Å²) >= 11 is 0.680. The van der Waals surface area contributed by atoms with E-state index < -0.39 is 0 Å². The van der Waals surface area contributed by atoms with Crippen LogP contribution in [-0.2, 0) is 4.18 Å². The molecule has 11 heavy (non-hydrogen) atoms. The molecule has 0 fully saturated rings. The largest absolute Gasteiger partial charge is 0.390 e. The Labute approximate surface area is 69.4 Å². The smallest absolute Gasteiger partial charge is 0.229 e. The molecule has 3 N–H and O–H groups in total. The van der Waals surface area contributed by atoms with Crippen molar-refractivity contribution in [2.75, 3.05) is 0 Å². The highest BCUT2D eigenvalue weighted by Gasteiger charge is 1.99. The quantitative estimate of drug-likeness (QED) is 0.305. The summed E-state index contributed by atoms with van der Waals surface area (Å²) in [7, 11) is 0. The molecule has 0 spiro atoms. The number of nitrogens with two attached hydrogens (primary N) is 1. The van der Waals surface area contributed by atoms with Gasteiger partial charge in [-0.3, -0.25) is 5.41 Å². The van der Waals surface area contributed by atoms with Crippen LogP contribution in [0.15, 0.2) is 30.3 Å². The van der Waals surface area contributed by atoms with Crippen LogP contribution in [0.3, 0.4) is 0 Å². The Balaban J connectivity index is 2.69. The van der Waals surface area contributed by atoms with Gasteiger partial charge in [0, 0.05) is 5.56 Å². The van der Waals surface area contributed by atoms with E-state index in [0.29, 0.717) is 12.2 Å². The van der Waals surface area contributed by atoms with Crippen molar-refractivity contribution in [1.82, 2.24) is 0 Å². The molecule has 0 saturated carbocycles. The average Bonchev–Trinajstić information content (AvgIpc) is 2.07. The predicted molar refractivity (Wildman–Crippen MR) is 46.1 cm³/mol. The molecule has 0 bridgehead atoms. The fourth-order valence-corrected chi connectivity index (χ4v) is 0.878. The fraction of sp³-hybridized carbons (Fsp3) is 0. The van der Waals surface area contributed by atoms with Crippen molar-refractivity contribution in [2.45, 2.75) is 0 Å². The van der Waals surface area contributed by atoms with Gasteiger partial charge in [0.25, 0.3) is 0 Å². The highest BCUT2D eigenvalue weighted by molar-refractivity contribution is 7.92. The summed E-state index contributed by atoms with van der Waals surface area (Å²) in [6, 6.07) is 9.15. The molecule has 1 aromatic carbocycles. The lowest BCUT2D eigenvalue weighted by Crippen LogP contribution is -2.00. The van der Waals surface area contributed by atoms with Crippen molar-refractivity contribution in [3.8, 4) is 0 Å². The zero-order valence-electron chi connectivity index (χ0n) is 5.78. The molecule has 0 aliphatic heterocycles. The van der Waals surface area contributed by atoms with Gasteiger partial charge in [-0.25, -0.2) is 5.14 Å². The maximum atomic E-state index is 7.31. The summed E-state index contributed by atoms with van der Waals surface area (Å²) in [5.41, 5.74) is 0.727. The van der Waals surface area contributed by atoms with Crippen LogP contribution in [0.1, 0.15) is 5.56 Å². The third kappa shape index (κ3) is 2.25. The van der Waals surface area contributed by atoms with E-state index in [9.17, 15) is 0 Å². The molecule has 3 nitrogen and oxygen atoms in total. The van der Waals surface area contributed by atoms with Crippen LogP contribution in [0.5, 0.6) is 0 Å². The van der Waals surface area contributed by atoms with Crippen molar-refractivity contribution in [1.29, 1.82) is 5.41 Å². The first-order chi connectivity index (χ1) is 5.34. The van der Waals surface area contributed by atoms with Crippen LogP contribution >= 0.6 is 12.2 Å². The Morgan fingerprint density at radius 3 is 2.55 bits per heavy atom. The molecule has 0 heterocycles. The highest BCUT2D eigenvalue weighted by Crippen LogP contribution is 2.03.